The SMILES string of the molecule is CCC1CCCCN1C(=O)Cn1c(=O)n(Cc2ccc(Cl)cc2)c(=O)c2ccccc21. The molecule has 0 N–H and O–H groups in total. The number of amides is 1. The predicted octanol–water partition coefficient (Wildman–Crippen LogP) is 3.66. The zero-order chi connectivity index (χ0) is 22.0. The Morgan fingerprint density at radius 1 is 1.03 bits per heavy atom. The minimum Gasteiger partial charge on any atom is -0.338 e. The summed E-state index contributed by atoms with van der Waals surface area (Å²) in [4.78, 5) is 41.6. The number of hydrogen-bond donors (Lipinski definition) is 0. The smallest absolute Gasteiger partial charge is 0.332 e. The van der Waals surface area contributed by atoms with Gasteiger partial charge in [-0.15, -0.1) is 0 Å². The second kappa shape index (κ2) is 9.10. The fraction of sp³-hybridized carbons (Fsp3) is 0.375. The van der Waals surface area contributed by atoms with E-state index in [9.17, 15) is 14.4 Å². The van der Waals surface area contributed by atoms with Crippen molar-refractivity contribution in [3.8, 4) is 0 Å². The molecule has 1 amide bonds. The van der Waals surface area contributed by atoms with Gasteiger partial charge in [-0.1, -0.05) is 42.8 Å². The first-order chi connectivity index (χ1) is 15.0. The Kier molecular flexibility index (Phi) is 6.28. The molecule has 1 aliphatic heterocycles. The highest BCUT2D eigenvalue weighted by molar-refractivity contribution is 6.30. The Hall–Kier alpha value is -2.86. The molecule has 1 fully saturated rings. The van der Waals surface area contributed by atoms with Crippen LogP contribution in [0, 0.1) is 0 Å². The fourth-order valence-corrected chi connectivity index (χ4v) is 4.54. The molecule has 0 spiro atoms. The minimum atomic E-state index is -0.475. The highest BCUT2D eigenvalue weighted by atomic mass is 35.5. The second-order valence-corrected chi connectivity index (χ2v) is 8.49. The van der Waals surface area contributed by atoms with E-state index in [0.717, 1.165) is 31.2 Å². The Labute approximate surface area is 185 Å². The molecule has 3 aromatic rings. The largest absolute Gasteiger partial charge is 0.338 e. The molecule has 1 saturated heterocycles. The summed E-state index contributed by atoms with van der Waals surface area (Å²) in [7, 11) is 0. The van der Waals surface area contributed by atoms with E-state index >= 15 is 0 Å². The van der Waals surface area contributed by atoms with E-state index in [-0.39, 0.29) is 30.6 Å². The maximum atomic E-state index is 13.4. The van der Waals surface area contributed by atoms with Crippen molar-refractivity contribution in [2.24, 2.45) is 0 Å². The second-order valence-electron chi connectivity index (χ2n) is 8.05. The monoisotopic (exact) mass is 439 g/mol. The molecule has 0 bridgehead atoms. The summed E-state index contributed by atoms with van der Waals surface area (Å²) in [5.74, 6) is -0.0736. The van der Waals surface area contributed by atoms with Crippen LogP contribution in [0.2, 0.25) is 5.02 Å². The van der Waals surface area contributed by atoms with Gasteiger partial charge in [-0.25, -0.2) is 4.79 Å². The lowest BCUT2D eigenvalue weighted by molar-refractivity contribution is -0.135. The molecule has 1 aliphatic rings. The lowest BCUT2D eigenvalue weighted by atomic mass is 10.00. The maximum Gasteiger partial charge on any atom is 0.332 e. The molecule has 2 aromatic carbocycles. The number of para-hydroxylation sites is 1. The molecule has 31 heavy (non-hydrogen) atoms. The van der Waals surface area contributed by atoms with Crippen molar-refractivity contribution in [3.05, 3.63) is 80.0 Å². The lowest BCUT2D eigenvalue weighted by Crippen LogP contribution is -2.47. The fourth-order valence-electron chi connectivity index (χ4n) is 4.41. The number of rotatable bonds is 5. The maximum absolute atomic E-state index is 13.4. The third-order valence-electron chi connectivity index (χ3n) is 6.10. The van der Waals surface area contributed by atoms with Crippen LogP contribution >= 0.6 is 11.6 Å². The predicted molar refractivity (Wildman–Crippen MR) is 123 cm³/mol. The summed E-state index contributed by atoms with van der Waals surface area (Å²) in [6.07, 6.45) is 4.00. The zero-order valence-corrected chi connectivity index (χ0v) is 18.3. The van der Waals surface area contributed by atoms with Crippen molar-refractivity contribution in [2.45, 2.75) is 51.7 Å². The molecule has 1 unspecified atom stereocenters. The van der Waals surface area contributed by atoms with E-state index in [1.54, 1.807) is 48.5 Å². The average Bonchev–Trinajstić information content (AvgIpc) is 2.80. The number of aromatic nitrogens is 2. The van der Waals surface area contributed by atoms with E-state index in [4.69, 9.17) is 11.6 Å². The minimum absolute atomic E-state index is 0.0727. The van der Waals surface area contributed by atoms with Gasteiger partial charge in [-0.3, -0.25) is 18.7 Å². The summed E-state index contributed by atoms with van der Waals surface area (Å²) >= 11 is 5.96. The zero-order valence-electron chi connectivity index (χ0n) is 17.6. The molecule has 1 aromatic heterocycles. The summed E-state index contributed by atoms with van der Waals surface area (Å²) in [5.41, 5.74) is 0.447. The molecule has 0 aliphatic carbocycles. The highest BCUT2D eigenvalue weighted by Gasteiger charge is 2.26. The van der Waals surface area contributed by atoms with Crippen LogP contribution in [0.5, 0.6) is 0 Å². The summed E-state index contributed by atoms with van der Waals surface area (Å²) in [6.45, 7) is 2.85. The van der Waals surface area contributed by atoms with Crippen molar-refractivity contribution in [1.29, 1.82) is 0 Å². The molecule has 1 atom stereocenters. The number of likely N-dealkylation sites (tertiary alicyclic amines) is 1. The van der Waals surface area contributed by atoms with E-state index < -0.39 is 5.69 Å². The van der Waals surface area contributed by atoms with Gasteiger partial charge in [0.2, 0.25) is 5.91 Å². The molecule has 6 nitrogen and oxygen atoms in total. The van der Waals surface area contributed by atoms with E-state index in [2.05, 4.69) is 6.92 Å². The third kappa shape index (κ3) is 4.30. The summed E-state index contributed by atoms with van der Waals surface area (Å²) < 4.78 is 2.64. The summed E-state index contributed by atoms with van der Waals surface area (Å²) in [5, 5.41) is 1.01. The molecular formula is C24H26ClN3O3. The number of benzene rings is 2. The van der Waals surface area contributed by atoms with Crippen LogP contribution in [0.25, 0.3) is 10.9 Å². The van der Waals surface area contributed by atoms with Gasteiger partial charge in [0.25, 0.3) is 5.56 Å². The average molecular weight is 440 g/mol. The van der Waals surface area contributed by atoms with Gasteiger partial charge in [0, 0.05) is 17.6 Å². The Balaban J connectivity index is 1.77. The highest BCUT2D eigenvalue weighted by Crippen LogP contribution is 2.20. The standard InChI is InChI=1S/C24H26ClN3O3/c1-2-19-7-5-6-14-26(19)22(29)16-27-21-9-4-3-8-20(21)23(30)28(24(27)31)15-17-10-12-18(25)13-11-17/h3-4,8-13,19H,2,5-7,14-16H2,1H3. The van der Waals surface area contributed by atoms with Gasteiger partial charge in [0.05, 0.1) is 17.4 Å². The quantitative estimate of drug-likeness (QED) is 0.609. The van der Waals surface area contributed by atoms with Crippen LogP contribution in [0.1, 0.15) is 38.2 Å². The van der Waals surface area contributed by atoms with Crippen LogP contribution in [-0.2, 0) is 17.9 Å². The third-order valence-corrected chi connectivity index (χ3v) is 6.35. The van der Waals surface area contributed by atoms with Crippen LogP contribution in [0.4, 0.5) is 0 Å². The Morgan fingerprint density at radius 3 is 2.52 bits per heavy atom. The van der Waals surface area contributed by atoms with Gasteiger partial charge in [-0.2, -0.15) is 0 Å². The van der Waals surface area contributed by atoms with Gasteiger partial charge in [-0.05, 0) is 55.5 Å². The van der Waals surface area contributed by atoms with Crippen LogP contribution < -0.4 is 11.2 Å². The molecular weight excluding hydrogens is 414 g/mol. The van der Waals surface area contributed by atoms with E-state index in [1.165, 1.54) is 9.13 Å². The van der Waals surface area contributed by atoms with Crippen LogP contribution in [0.15, 0.2) is 58.1 Å². The molecule has 0 saturated carbocycles. The van der Waals surface area contributed by atoms with Gasteiger partial charge in [0.15, 0.2) is 0 Å². The van der Waals surface area contributed by atoms with Crippen LogP contribution in [-0.4, -0.2) is 32.5 Å². The molecule has 162 valence electrons. The number of piperidine rings is 1. The first-order valence-electron chi connectivity index (χ1n) is 10.8. The first kappa shape index (κ1) is 21.4. The van der Waals surface area contributed by atoms with Gasteiger partial charge >= 0.3 is 5.69 Å². The number of carbonyl (C=O) groups excluding carboxylic acids is 1. The topological polar surface area (TPSA) is 64.3 Å². The van der Waals surface area contributed by atoms with E-state index in [0.29, 0.717) is 22.5 Å². The number of fused-ring (bicyclic) bond motifs is 1. The molecule has 7 heteroatoms. The number of carbonyl (C=O) groups is 1. The first-order valence-corrected chi connectivity index (χ1v) is 11.1. The van der Waals surface area contributed by atoms with Crippen molar-refractivity contribution < 1.29 is 4.79 Å². The van der Waals surface area contributed by atoms with Crippen LogP contribution in [0.3, 0.4) is 0 Å². The van der Waals surface area contributed by atoms with Crippen molar-refractivity contribution in [3.63, 3.8) is 0 Å². The number of hydrogen-bond acceptors (Lipinski definition) is 3. The van der Waals surface area contributed by atoms with Gasteiger partial charge < -0.3 is 4.90 Å². The van der Waals surface area contributed by atoms with Crippen molar-refractivity contribution in [2.75, 3.05) is 6.54 Å². The van der Waals surface area contributed by atoms with Crippen molar-refractivity contribution in [1.82, 2.24) is 14.0 Å². The van der Waals surface area contributed by atoms with E-state index in [1.807, 2.05) is 4.90 Å². The Morgan fingerprint density at radius 2 is 1.77 bits per heavy atom. The lowest BCUT2D eigenvalue weighted by Gasteiger charge is -2.35. The Bertz CT molecular complexity index is 1210. The molecule has 4 rings (SSSR count). The van der Waals surface area contributed by atoms with Gasteiger partial charge in [0.1, 0.15) is 6.54 Å². The molecule has 2 heterocycles. The molecule has 0 radical (unpaired) electrons. The van der Waals surface area contributed by atoms with Crippen molar-refractivity contribution >= 4 is 28.4 Å². The normalized spacial score (nSPS) is 16.6. The summed E-state index contributed by atoms with van der Waals surface area (Å²) in [6, 6.07) is 14.2. The number of halogens is 1. The number of nitrogens with zero attached hydrogens (tertiary/aromatic N) is 3.